The van der Waals surface area contributed by atoms with E-state index in [4.69, 9.17) is 33.1 Å². The predicted molar refractivity (Wildman–Crippen MR) is 274 cm³/mol. The normalized spacial score (nSPS) is 11.7. The Hall–Kier alpha value is -7.85. The molecule has 0 spiro atoms. The molecule has 2 aliphatic heterocycles. The van der Waals surface area contributed by atoms with Crippen LogP contribution in [0.25, 0.3) is 0 Å². The number of carbonyl (C=O) groups excluding carboxylic acids is 5. The Labute approximate surface area is 410 Å². The second-order valence-electron chi connectivity index (χ2n) is 16.4. The SMILES string of the molecule is NCCCCCC(=O)O.Nc1ccccc1N.Nc1ccccc1NC(=O)CCCCCN1Cc2ccccc2C1=O.O=C(O)CCCCCN1Cc2ccccc2C1=O.O=Cc1ccccc1C=O. The number of nitrogen functional groups attached to an aromatic ring is 3. The van der Waals surface area contributed by atoms with Gasteiger partial charge in [0.25, 0.3) is 11.8 Å². The number of carboxylic acid groups (broad SMARTS) is 2. The summed E-state index contributed by atoms with van der Waals surface area (Å²) in [6.07, 6.45) is 9.95. The minimum absolute atomic E-state index is 0.0254. The third-order valence-corrected chi connectivity index (χ3v) is 11.0. The summed E-state index contributed by atoms with van der Waals surface area (Å²) in [5.74, 6) is -1.27. The molecule has 3 amide bonds. The van der Waals surface area contributed by atoms with Crippen LogP contribution in [0, 0.1) is 0 Å². The topological polar surface area (TPSA) is 283 Å². The van der Waals surface area contributed by atoms with Gasteiger partial charge in [0.05, 0.1) is 22.7 Å². The minimum atomic E-state index is -0.750. The molecular formula is C54H67N7O9. The van der Waals surface area contributed by atoms with Crippen LogP contribution in [-0.2, 0) is 27.5 Å². The number of aldehydes is 2. The summed E-state index contributed by atoms with van der Waals surface area (Å²) in [5, 5.41) is 19.5. The van der Waals surface area contributed by atoms with Crippen LogP contribution in [0.5, 0.6) is 0 Å². The number of aliphatic carboxylic acids is 2. The molecule has 70 heavy (non-hydrogen) atoms. The average Bonchev–Trinajstić information content (AvgIpc) is 3.86. The summed E-state index contributed by atoms with van der Waals surface area (Å²) >= 11 is 0. The van der Waals surface area contributed by atoms with Crippen LogP contribution >= 0.6 is 0 Å². The van der Waals surface area contributed by atoms with E-state index in [1.54, 1.807) is 48.5 Å². The first-order chi connectivity index (χ1) is 33.8. The number of amides is 3. The summed E-state index contributed by atoms with van der Waals surface area (Å²) < 4.78 is 0. The molecule has 16 heteroatoms. The second kappa shape index (κ2) is 32.0. The lowest BCUT2D eigenvalue weighted by molar-refractivity contribution is -0.138. The molecule has 0 fully saturated rings. The molecule has 11 N–H and O–H groups in total. The van der Waals surface area contributed by atoms with Gasteiger partial charge in [0.2, 0.25) is 5.91 Å². The van der Waals surface area contributed by atoms with Gasteiger partial charge in [-0.15, -0.1) is 0 Å². The van der Waals surface area contributed by atoms with Crippen LogP contribution < -0.4 is 28.3 Å². The van der Waals surface area contributed by atoms with Crippen molar-refractivity contribution in [1.82, 2.24) is 9.80 Å². The van der Waals surface area contributed by atoms with Gasteiger partial charge in [-0.2, -0.15) is 0 Å². The van der Waals surface area contributed by atoms with Crippen molar-refractivity contribution in [3.8, 4) is 0 Å². The molecule has 5 aromatic carbocycles. The number of benzene rings is 5. The number of carbonyl (C=O) groups is 7. The van der Waals surface area contributed by atoms with Gasteiger partial charge in [-0.25, -0.2) is 0 Å². The van der Waals surface area contributed by atoms with Gasteiger partial charge < -0.3 is 48.3 Å². The minimum Gasteiger partial charge on any atom is -0.481 e. The number of rotatable bonds is 20. The maximum atomic E-state index is 12.3. The van der Waals surface area contributed by atoms with Crippen LogP contribution in [-0.4, -0.2) is 81.9 Å². The molecule has 16 nitrogen and oxygen atoms in total. The monoisotopic (exact) mass is 958 g/mol. The Kier molecular flexibility index (Phi) is 25.8. The molecule has 0 saturated carbocycles. The zero-order valence-corrected chi connectivity index (χ0v) is 39.7. The summed E-state index contributed by atoms with van der Waals surface area (Å²) in [6.45, 7) is 3.50. The first kappa shape index (κ1) is 56.5. The number of anilines is 4. The first-order valence-electron chi connectivity index (χ1n) is 23.4. The summed E-state index contributed by atoms with van der Waals surface area (Å²) in [4.78, 5) is 80.7. The largest absolute Gasteiger partial charge is 0.481 e. The highest BCUT2D eigenvalue weighted by atomic mass is 16.4. The Morgan fingerprint density at radius 3 is 1.29 bits per heavy atom. The van der Waals surface area contributed by atoms with Gasteiger partial charge in [-0.1, -0.05) is 104 Å². The fraction of sp³-hybridized carbons (Fsp3) is 0.315. The van der Waals surface area contributed by atoms with E-state index in [-0.39, 0.29) is 30.6 Å². The van der Waals surface area contributed by atoms with Gasteiger partial charge in [-0.3, -0.25) is 33.6 Å². The predicted octanol–water partition coefficient (Wildman–Crippen LogP) is 8.46. The van der Waals surface area contributed by atoms with Gasteiger partial charge in [0.15, 0.2) is 12.6 Å². The summed E-state index contributed by atoms with van der Waals surface area (Å²) in [6, 6.07) is 36.6. The molecule has 372 valence electrons. The zero-order chi connectivity index (χ0) is 51.1. The number of fused-ring (bicyclic) bond motifs is 2. The number of carboxylic acids is 2. The van der Waals surface area contributed by atoms with Crippen molar-refractivity contribution in [3.05, 3.63) is 155 Å². The van der Waals surface area contributed by atoms with Crippen molar-refractivity contribution in [1.29, 1.82) is 0 Å². The van der Waals surface area contributed by atoms with Gasteiger partial charge >= 0.3 is 11.9 Å². The molecule has 0 bridgehead atoms. The molecule has 2 heterocycles. The number of hydrogen-bond acceptors (Lipinski definition) is 11. The Balaban J connectivity index is 0.000000251. The van der Waals surface area contributed by atoms with Crippen molar-refractivity contribution in [2.45, 2.75) is 90.1 Å². The molecule has 0 radical (unpaired) electrons. The molecule has 0 aliphatic carbocycles. The lowest BCUT2D eigenvalue weighted by Gasteiger charge is -2.15. The number of nitrogens with one attached hydrogen (secondary N) is 1. The number of para-hydroxylation sites is 4. The van der Waals surface area contributed by atoms with E-state index < -0.39 is 11.9 Å². The fourth-order valence-corrected chi connectivity index (χ4v) is 7.17. The van der Waals surface area contributed by atoms with Crippen LogP contribution in [0.4, 0.5) is 22.7 Å². The highest BCUT2D eigenvalue weighted by Gasteiger charge is 2.27. The number of nitrogens with zero attached hydrogens (tertiary/aromatic N) is 2. The van der Waals surface area contributed by atoms with Crippen LogP contribution in [0.3, 0.4) is 0 Å². The first-order valence-corrected chi connectivity index (χ1v) is 23.4. The number of unbranched alkanes of at least 4 members (excludes halogenated alkanes) is 6. The van der Waals surface area contributed by atoms with Crippen molar-refractivity contribution >= 4 is 65.0 Å². The zero-order valence-electron chi connectivity index (χ0n) is 39.7. The highest BCUT2D eigenvalue weighted by molar-refractivity contribution is 5.99. The molecule has 0 atom stereocenters. The maximum Gasteiger partial charge on any atom is 0.303 e. The number of nitrogens with two attached hydrogens (primary N) is 4. The third kappa shape index (κ3) is 20.6. The summed E-state index contributed by atoms with van der Waals surface area (Å²) in [7, 11) is 0. The Morgan fingerprint density at radius 2 is 0.886 bits per heavy atom. The number of hydrogen-bond donors (Lipinski definition) is 7. The van der Waals surface area contributed by atoms with Crippen LogP contribution in [0.1, 0.15) is 130 Å². The van der Waals surface area contributed by atoms with E-state index in [9.17, 15) is 33.6 Å². The lowest BCUT2D eigenvalue weighted by Crippen LogP contribution is -2.25. The van der Waals surface area contributed by atoms with Gasteiger partial charge in [-0.05, 0) is 92.6 Å². The maximum absolute atomic E-state index is 12.3. The van der Waals surface area contributed by atoms with Crippen molar-refractivity contribution < 1.29 is 43.8 Å². The third-order valence-electron chi connectivity index (χ3n) is 11.0. The molecular weight excluding hydrogens is 891 g/mol. The molecule has 0 unspecified atom stereocenters. The second-order valence-corrected chi connectivity index (χ2v) is 16.4. The van der Waals surface area contributed by atoms with E-state index in [0.29, 0.717) is 85.5 Å². The molecule has 7 rings (SSSR count). The summed E-state index contributed by atoms with van der Waals surface area (Å²) in [5.41, 5.74) is 29.0. The molecule has 0 aromatic heterocycles. The smallest absolute Gasteiger partial charge is 0.303 e. The average molecular weight is 958 g/mol. The van der Waals surface area contributed by atoms with Crippen molar-refractivity contribution in [2.24, 2.45) is 5.73 Å². The molecule has 2 aliphatic rings. The van der Waals surface area contributed by atoms with Crippen molar-refractivity contribution in [2.75, 3.05) is 42.2 Å². The highest BCUT2D eigenvalue weighted by Crippen LogP contribution is 2.24. The van der Waals surface area contributed by atoms with E-state index in [2.05, 4.69) is 5.32 Å². The van der Waals surface area contributed by atoms with Gasteiger partial charge in [0.1, 0.15) is 0 Å². The lowest BCUT2D eigenvalue weighted by atomic mass is 10.1. The van der Waals surface area contributed by atoms with Gasteiger partial charge in [0, 0.05) is 67.7 Å². The standard InChI is InChI=1S/C20H23N3O2.C14H17NO3.C8H6O2.C6H8N2.C6H13NO2/c21-17-10-5-6-11-18(17)22-19(24)12-2-1-7-13-23-14-15-8-3-4-9-16(15)20(23)25;16-13(17)8-2-1-5-9-15-10-11-6-3-4-7-12(11)14(15)18;9-5-7-3-1-2-4-8(7)6-10;7-5-3-1-2-4-6(5)8;7-5-3-1-2-4-6(8)9/h3-6,8-11H,1-2,7,12-14,21H2,(H,22,24);3-4,6-7H,1-2,5,8-10H2,(H,16,17);1-6H;1-4H,7-8H2;1-5,7H2,(H,8,9). The molecule has 0 saturated heterocycles. The molecule has 5 aromatic rings. The fourth-order valence-electron chi connectivity index (χ4n) is 7.17. The van der Waals surface area contributed by atoms with E-state index in [0.717, 1.165) is 80.2 Å². The van der Waals surface area contributed by atoms with Crippen LogP contribution in [0.15, 0.2) is 121 Å². The van der Waals surface area contributed by atoms with E-state index in [1.165, 1.54) is 0 Å². The quantitative estimate of drug-likeness (QED) is 0.0219. The Bertz CT molecular complexity index is 2410. The van der Waals surface area contributed by atoms with Crippen molar-refractivity contribution in [3.63, 3.8) is 0 Å². The van der Waals surface area contributed by atoms with Crippen LogP contribution in [0.2, 0.25) is 0 Å². The van der Waals surface area contributed by atoms with E-state index >= 15 is 0 Å². The Morgan fingerprint density at radius 1 is 0.500 bits per heavy atom. The van der Waals surface area contributed by atoms with E-state index in [1.807, 2.05) is 82.6 Å².